The molecule has 24 heavy (non-hydrogen) atoms. The van der Waals surface area contributed by atoms with E-state index in [1.165, 1.54) is 29.7 Å². The maximum absolute atomic E-state index is 9.21. The first-order chi connectivity index (χ1) is 11.9. The van der Waals surface area contributed by atoms with E-state index in [1.54, 1.807) is 17.7 Å². The minimum Gasteiger partial charge on any atom is -0.472 e. The first kappa shape index (κ1) is 15.1. The largest absolute Gasteiger partial charge is 0.472 e. The van der Waals surface area contributed by atoms with Crippen molar-refractivity contribution in [3.05, 3.63) is 52.2 Å². The Morgan fingerprint density at radius 2 is 2.00 bits per heavy atom. The number of rotatable bonds is 3. The quantitative estimate of drug-likeness (QED) is 0.665. The van der Waals surface area contributed by atoms with Crippen molar-refractivity contribution in [1.82, 2.24) is 9.97 Å². The van der Waals surface area contributed by atoms with E-state index in [0.717, 1.165) is 28.6 Å². The molecule has 0 amide bonds. The van der Waals surface area contributed by atoms with Gasteiger partial charge in [0.1, 0.15) is 17.8 Å². The van der Waals surface area contributed by atoms with E-state index >= 15 is 0 Å². The average Bonchev–Trinajstić information content (AvgIpc) is 2.82. The van der Waals surface area contributed by atoms with Gasteiger partial charge >= 0.3 is 0 Å². The molecule has 5 heteroatoms. The van der Waals surface area contributed by atoms with E-state index < -0.39 is 0 Å². The zero-order valence-electron chi connectivity index (χ0n) is 13.3. The Hall–Kier alpha value is -2.45. The number of hydrogen-bond acceptors (Lipinski definition) is 5. The highest BCUT2D eigenvalue weighted by molar-refractivity contribution is 7.18. The molecule has 1 aliphatic carbocycles. The first-order valence-corrected chi connectivity index (χ1v) is 9.04. The second-order valence-electron chi connectivity index (χ2n) is 5.98. The number of nitrogens with zero attached hydrogens (tertiary/aromatic N) is 3. The third kappa shape index (κ3) is 2.74. The van der Waals surface area contributed by atoms with Crippen molar-refractivity contribution in [2.45, 2.75) is 38.7 Å². The van der Waals surface area contributed by atoms with E-state index in [-0.39, 0.29) is 0 Å². The summed E-state index contributed by atoms with van der Waals surface area (Å²) >= 11 is 1.77. The molecule has 0 fully saturated rings. The van der Waals surface area contributed by atoms with Gasteiger partial charge in [-0.3, -0.25) is 0 Å². The lowest BCUT2D eigenvalue weighted by Crippen LogP contribution is -2.01. The first-order valence-electron chi connectivity index (χ1n) is 8.23. The Morgan fingerprint density at radius 3 is 2.92 bits per heavy atom. The normalized spacial score (nSPS) is 14.0. The van der Waals surface area contributed by atoms with Gasteiger partial charge in [0.05, 0.1) is 17.0 Å². The minimum atomic E-state index is 0.348. The van der Waals surface area contributed by atoms with Crippen LogP contribution in [0.5, 0.6) is 5.88 Å². The van der Waals surface area contributed by atoms with E-state index in [2.05, 4.69) is 16.0 Å². The fraction of sp³-hybridized carbons (Fsp3) is 0.316. The molecule has 0 saturated heterocycles. The van der Waals surface area contributed by atoms with Crippen molar-refractivity contribution in [2.75, 3.05) is 0 Å². The molecule has 2 aromatic heterocycles. The van der Waals surface area contributed by atoms with Crippen molar-refractivity contribution in [3.63, 3.8) is 0 Å². The molecule has 4 nitrogen and oxygen atoms in total. The molecule has 0 radical (unpaired) electrons. The van der Waals surface area contributed by atoms with Crippen LogP contribution in [-0.2, 0) is 19.4 Å². The highest BCUT2D eigenvalue weighted by Gasteiger charge is 2.19. The lowest BCUT2D eigenvalue weighted by molar-refractivity contribution is 0.297. The van der Waals surface area contributed by atoms with Gasteiger partial charge in [0, 0.05) is 10.4 Å². The molecule has 3 aromatic rings. The molecule has 0 atom stereocenters. The Labute approximate surface area is 144 Å². The maximum atomic E-state index is 9.21. The van der Waals surface area contributed by atoms with Crippen molar-refractivity contribution < 1.29 is 4.74 Å². The fourth-order valence-electron chi connectivity index (χ4n) is 3.25. The minimum absolute atomic E-state index is 0.348. The van der Waals surface area contributed by atoms with Crippen LogP contribution in [0.4, 0.5) is 0 Å². The van der Waals surface area contributed by atoms with Gasteiger partial charge in [-0.25, -0.2) is 9.97 Å². The van der Waals surface area contributed by atoms with Crippen LogP contribution >= 0.6 is 11.3 Å². The van der Waals surface area contributed by atoms with Crippen LogP contribution in [0.25, 0.3) is 10.2 Å². The molecule has 120 valence electrons. The third-order valence-electron chi connectivity index (χ3n) is 4.47. The molecule has 1 aliphatic rings. The SMILES string of the molecule is N#Cc1ccccc1COc1ncnc2sc3c(c12)CCCCC3. The second kappa shape index (κ2) is 6.58. The highest BCUT2D eigenvalue weighted by Crippen LogP contribution is 2.38. The molecule has 4 rings (SSSR count). The summed E-state index contributed by atoms with van der Waals surface area (Å²) in [6.45, 7) is 0.348. The second-order valence-corrected chi connectivity index (χ2v) is 7.06. The van der Waals surface area contributed by atoms with E-state index in [9.17, 15) is 5.26 Å². The number of aromatic nitrogens is 2. The van der Waals surface area contributed by atoms with Crippen LogP contribution < -0.4 is 4.74 Å². The Balaban J connectivity index is 1.69. The van der Waals surface area contributed by atoms with Gasteiger partial charge in [-0.1, -0.05) is 24.6 Å². The van der Waals surface area contributed by atoms with Crippen LogP contribution in [0.1, 0.15) is 40.8 Å². The summed E-state index contributed by atoms with van der Waals surface area (Å²) in [6.07, 6.45) is 7.52. The highest BCUT2D eigenvalue weighted by atomic mass is 32.1. The maximum Gasteiger partial charge on any atom is 0.225 e. The number of thiophene rings is 1. The van der Waals surface area contributed by atoms with E-state index in [4.69, 9.17) is 4.74 Å². The lowest BCUT2D eigenvalue weighted by Gasteiger charge is -2.09. The average molecular weight is 335 g/mol. The number of aryl methyl sites for hydroxylation is 2. The van der Waals surface area contributed by atoms with Crippen molar-refractivity contribution in [1.29, 1.82) is 5.26 Å². The van der Waals surface area contributed by atoms with Gasteiger partial charge < -0.3 is 4.74 Å². The number of fused-ring (bicyclic) bond motifs is 3. The predicted molar refractivity (Wildman–Crippen MR) is 94.2 cm³/mol. The van der Waals surface area contributed by atoms with Gasteiger partial charge in [0.15, 0.2) is 0 Å². The Morgan fingerprint density at radius 1 is 1.12 bits per heavy atom. The van der Waals surface area contributed by atoms with Crippen LogP contribution in [0.15, 0.2) is 30.6 Å². The fourth-order valence-corrected chi connectivity index (χ4v) is 4.47. The monoisotopic (exact) mass is 335 g/mol. The van der Waals surface area contributed by atoms with Crippen LogP contribution in [0.3, 0.4) is 0 Å². The standard InChI is InChI=1S/C19H17N3OS/c20-10-13-6-4-5-7-14(13)11-23-18-17-15-8-2-1-3-9-16(15)24-19(17)22-12-21-18/h4-7,12H,1-3,8-9,11H2. The summed E-state index contributed by atoms with van der Waals surface area (Å²) in [5, 5.41) is 10.3. The van der Waals surface area contributed by atoms with E-state index in [0.29, 0.717) is 18.1 Å². The topological polar surface area (TPSA) is 58.8 Å². The molecular formula is C19H17N3OS. The third-order valence-corrected chi connectivity index (χ3v) is 5.67. The molecule has 0 bridgehead atoms. The smallest absolute Gasteiger partial charge is 0.225 e. The van der Waals surface area contributed by atoms with Gasteiger partial charge in [-0.2, -0.15) is 5.26 Å². The molecule has 2 heterocycles. The molecule has 0 unspecified atom stereocenters. The summed E-state index contributed by atoms with van der Waals surface area (Å²) in [5.74, 6) is 0.646. The summed E-state index contributed by atoms with van der Waals surface area (Å²) in [5.41, 5.74) is 2.90. The number of hydrogen-bond donors (Lipinski definition) is 0. The lowest BCUT2D eigenvalue weighted by atomic mass is 10.1. The van der Waals surface area contributed by atoms with Crippen LogP contribution in [-0.4, -0.2) is 9.97 Å². The van der Waals surface area contributed by atoms with Crippen LogP contribution in [0.2, 0.25) is 0 Å². The summed E-state index contributed by atoms with van der Waals surface area (Å²) in [7, 11) is 0. The van der Waals surface area contributed by atoms with Gasteiger partial charge in [0.25, 0.3) is 0 Å². The molecule has 1 aromatic carbocycles. The van der Waals surface area contributed by atoms with Crippen molar-refractivity contribution in [3.8, 4) is 11.9 Å². The zero-order chi connectivity index (χ0) is 16.4. The van der Waals surface area contributed by atoms with Crippen molar-refractivity contribution in [2.24, 2.45) is 0 Å². The van der Waals surface area contributed by atoms with Gasteiger partial charge in [-0.15, -0.1) is 11.3 Å². The molecular weight excluding hydrogens is 318 g/mol. The molecule has 0 saturated carbocycles. The summed E-state index contributed by atoms with van der Waals surface area (Å²) in [6, 6.07) is 9.73. The number of ether oxygens (including phenoxy) is 1. The van der Waals surface area contributed by atoms with E-state index in [1.807, 2.05) is 24.3 Å². The summed E-state index contributed by atoms with van der Waals surface area (Å²) in [4.78, 5) is 11.3. The van der Waals surface area contributed by atoms with Crippen molar-refractivity contribution >= 4 is 21.6 Å². The molecule has 0 N–H and O–H groups in total. The molecule has 0 spiro atoms. The van der Waals surface area contributed by atoms with Crippen LogP contribution in [0, 0.1) is 11.3 Å². The number of nitriles is 1. The Bertz CT molecular complexity index is 926. The zero-order valence-corrected chi connectivity index (χ0v) is 14.1. The molecule has 0 aliphatic heterocycles. The number of benzene rings is 1. The van der Waals surface area contributed by atoms with Gasteiger partial charge in [-0.05, 0) is 37.3 Å². The predicted octanol–water partition coefficient (Wildman–Crippen LogP) is 4.41. The van der Waals surface area contributed by atoms with Gasteiger partial charge in [0.2, 0.25) is 5.88 Å². The Kier molecular flexibility index (Phi) is 4.14. The summed E-state index contributed by atoms with van der Waals surface area (Å²) < 4.78 is 6.02.